The van der Waals surface area contributed by atoms with Crippen LogP contribution in [-0.4, -0.2) is 18.4 Å². The van der Waals surface area contributed by atoms with Gasteiger partial charge in [-0.05, 0) is 36.4 Å². The van der Waals surface area contributed by atoms with Crippen molar-refractivity contribution in [3.8, 4) is 0 Å². The third-order valence-electron chi connectivity index (χ3n) is 4.49. The Morgan fingerprint density at radius 3 is 2.83 bits per heavy atom. The van der Waals surface area contributed by atoms with Crippen LogP contribution in [0.5, 0.6) is 0 Å². The van der Waals surface area contributed by atoms with Gasteiger partial charge >= 0.3 is 0 Å². The van der Waals surface area contributed by atoms with Crippen molar-refractivity contribution in [2.24, 2.45) is 5.92 Å². The van der Waals surface area contributed by atoms with E-state index in [9.17, 15) is 9.59 Å². The molecule has 1 aromatic heterocycles. The number of thiophene rings is 1. The van der Waals surface area contributed by atoms with Gasteiger partial charge in [0.15, 0.2) is 0 Å². The van der Waals surface area contributed by atoms with Gasteiger partial charge in [-0.3, -0.25) is 9.59 Å². The zero-order valence-corrected chi connectivity index (χ0v) is 14.8. The molecule has 1 N–H and O–H groups in total. The lowest BCUT2D eigenvalue weighted by molar-refractivity contribution is -0.126. The number of anilines is 1. The van der Waals surface area contributed by atoms with E-state index >= 15 is 0 Å². The number of benzene rings is 1. The first-order chi connectivity index (χ1) is 11.6. The summed E-state index contributed by atoms with van der Waals surface area (Å²) in [4.78, 5) is 27.9. The fourth-order valence-corrected chi connectivity index (χ4v) is 3.86. The predicted octanol–water partition coefficient (Wildman–Crippen LogP) is 3.54. The fourth-order valence-electron chi connectivity index (χ4n) is 3.13. The molecule has 2 unspecified atom stereocenters. The van der Waals surface area contributed by atoms with E-state index < -0.39 is 0 Å². The zero-order chi connectivity index (χ0) is 17.1. The molecule has 0 aliphatic carbocycles. The molecule has 1 saturated heterocycles. The minimum absolute atomic E-state index is 0.0235. The average molecular weight is 342 g/mol. The second-order valence-electron chi connectivity index (χ2n) is 6.13. The minimum Gasteiger partial charge on any atom is -0.348 e. The van der Waals surface area contributed by atoms with E-state index in [1.165, 1.54) is 0 Å². The average Bonchev–Trinajstić information content (AvgIpc) is 3.24. The van der Waals surface area contributed by atoms with E-state index in [2.05, 4.69) is 12.2 Å². The maximum Gasteiger partial charge on any atom is 0.227 e. The molecular weight excluding hydrogens is 320 g/mol. The maximum absolute atomic E-state index is 12.5. The van der Waals surface area contributed by atoms with Crippen LogP contribution < -0.4 is 10.2 Å². The van der Waals surface area contributed by atoms with Gasteiger partial charge < -0.3 is 10.2 Å². The van der Waals surface area contributed by atoms with Gasteiger partial charge in [0.25, 0.3) is 0 Å². The summed E-state index contributed by atoms with van der Waals surface area (Å²) >= 11 is 1.63. The Kier molecular flexibility index (Phi) is 5.00. The summed E-state index contributed by atoms with van der Waals surface area (Å²) in [5.74, 6) is -0.301. The van der Waals surface area contributed by atoms with Gasteiger partial charge in [-0.1, -0.05) is 31.2 Å². The number of carbonyl (C=O) groups is 2. The van der Waals surface area contributed by atoms with Crippen LogP contribution >= 0.6 is 11.3 Å². The number of aryl methyl sites for hydroxylation is 1. The monoisotopic (exact) mass is 342 g/mol. The van der Waals surface area contributed by atoms with Crippen molar-refractivity contribution >= 4 is 28.8 Å². The molecule has 3 rings (SSSR count). The second-order valence-corrected chi connectivity index (χ2v) is 7.11. The Morgan fingerprint density at radius 1 is 1.33 bits per heavy atom. The van der Waals surface area contributed by atoms with Crippen molar-refractivity contribution in [1.82, 2.24) is 5.32 Å². The van der Waals surface area contributed by atoms with E-state index in [1.54, 1.807) is 16.2 Å². The first kappa shape index (κ1) is 16.7. The number of hydrogen-bond donors (Lipinski definition) is 1. The molecule has 1 aliphatic heterocycles. The molecule has 126 valence electrons. The summed E-state index contributed by atoms with van der Waals surface area (Å²) in [6.07, 6.45) is 1.15. The molecule has 0 spiro atoms. The maximum atomic E-state index is 12.5. The van der Waals surface area contributed by atoms with E-state index in [0.29, 0.717) is 6.54 Å². The van der Waals surface area contributed by atoms with Gasteiger partial charge in [-0.15, -0.1) is 11.3 Å². The highest BCUT2D eigenvalue weighted by Gasteiger charge is 2.36. The number of rotatable bonds is 5. The lowest BCUT2D eigenvalue weighted by Crippen LogP contribution is -2.34. The zero-order valence-electron chi connectivity index (χ0n) is 14.0. The van der Waals surface area contributed by atoms with Gasteiger partial charge in [0.2, 0.25) is 11.8 Å². The van der Waals surface area contributed by atoms with E-state index in [1.807, 2.05) is 48.7 Å². The van der Waals surface area contributed by atoms with Crippen LogP contribution in [0, 0.1) is 5.92 Å². The number of hydrogen-bond acceptors (Lipinski definition) is 3. The minimum atomic E-state index is -0.287. The van der Waals surface area contributed by atoms with Crippen molar-refractivity contribution < 1.29 is 9.59 Å². The molecule has 2 amide bonds. The van der Waals surface area contributed by atoms with Gasteiger partial charge in [-0.25, -0.2) is 0 Å². The summed E-state index contributed by atoms with van der Waals surface area (Å²) < 4.78 is 0. The molecule has 0 bridgehead atoms. The van der Waals surface area contributed by atoms with Crippen LogP contribution in [0.15, 0.2) is 41.8 Å². The summed E-state index contributed by atoms with van der Waals surface area (Å²) in [6, 6.07) is 11.9. The molecule has 24 heavy (non-hydrogen) atoms. The van der Waals surface area contributed by atoms with E-state index in [4.69, 9.17) is 0 Å². The molecule has 0 radical (unpaired) electrons. The number of nitrogens with one attached hydrogen (secondary N) is 1. The Labute approximate surface area is 146 Å². The van der Waals surface area contributed by atoms with Crippen molar-refractivity contribution in [1.29, 1.82) is 0 Å². The third-order valence-corrected chi connectivity index (χ3v) is 5.54. The Balaban J connectivity index is 1.69. The lowest BCUT2D eigenvalue weighted by atomic mass is 10.1. The topological polar surface area (TPSA) is 49.4 Å². The van der Waals surface area contributed by atoms with Crippen LogP contribution in [0.4, 0.5) is 5.69 Å². The van der Waals surface area contributed by atoms with Crippen molar-refractivity contribution in [3.63, 3.8) is 0 Å². The van der Waals surface area contributed by atoms with Gasteiger partial charge in [-0.2, -0.15) is 0 Å². The molecule has 1 fully saturated rings. The van der Waals surface area contributed by atoms with Crippen LogP contribution in [0.3, 0.4) is 0 Å². The van der Waals surface area contributed by atoms with Gasteiger partial charge in [0.1, 0.15) is 0 Å². The lowest BCUT2D eigenvalue weighted by Gasteiger charge is -2.20. The molecule has 2 aromatic rings. The van der Waals surface area contributed by atoms with Crippen molar-refractivity contribution in [2.45, 2.75) is 32.7 Å². The molecule has 1 aliphatic rings. The highest BCUT2D eigenvalue weighted by molar-refractivity contribution is 7.10. The largest absolute Gasteiger partial charge is 0.348 e. The Morgan fingerprint density at radius 2 is 2.12 bits per heavy atom. The second kappa shape index (κ2) is 7.18. The smallest absolute Gasteiger partial charge is 0.227 e. The summed E-state index contributed by atoms with van der Waals surface area (Å²) in [6.45, 7) is 4.51. The highest BCUT2D eigenvalue weighted by atomic mass is 32.1. The van der Waals surface area contributed by atoms with Crippen molar-refractivity contribution in [3.05, 3.63) is 52.2 Å². The van der Waals surface area contributed by atoms with Gasteiger partial charge in [0.05, 0.1) is 12.0 Å². The SMILES string of the molecule is CCc1ccccc1N1CC(C(=O)NC(C)c2cccs2)CC1=O. The molecule has 4 nitrogen and oxygen atoms in total. The van der Waals surface area contributed by atoms with Gasteiger partial charge in [0, 0.05) is 23.5 Å². The fraction of sp³-hybridized carbons (Fsp3) is 0.368. The first-order valence-corrected chi connectivity index (χ1v) is 9.20. The molecule has 2 atom stereocenters. The normalized spacial score (nSPS) is 18.7. The molecule has 1 aromatic carbocycles. The first-order valence-electron chi connectivity index (χ1n) is 8.32. The number of nitrogens with zero attached hydrogens (tertiary/aromatic N) is 1. The number of amides is 2. The van der Waals surface area contributed by atoms with Crippen LogP contribution in [0.25, 0.3) is 0 Å². The summed E-state index contributed by atoms with van der Waals surface area (Å²) in [5, 5.41) is 5.04. The molecule has 5 heteroatoms. The van der Waals surface area contributed by atoms with Crippen molar-refractivity contribution in [2.75, 3.05) is 11.4 Å². The summed E-state index contributed by atoms with van der Waals surface area (Å²) in [5.41, 5.74) is 2.07. The van der Waals surface area contributed by atoms with Crippen LogP contribution in [-0.2, 0) is 16.0 Å². The number of carbonyl (C=O) groups excluding carboxylic acids is 2. The van der Waals surface area contributed by atoms with Crippen LogP contribution in [0.1, 0.15) is 36.8 Å². The van der Waals surface area contributed by atoms with E-state index in [0.717, 1.165) is 22.5 Å². The third kappa shape index (κ3) is 3.36. The Hall–Kier alpha value is -2.14. The van der Waals surface area contributed by atoms with Crippen LogP contribution in [0.2, 0.25) is 0 Å². The van der Waals surface area contributed by atoms with E-state index in [-0.39, 0.29) is 30.2 Å². The molecule has 0 saturated carbocycles. The Bertz CT molecular complexity index is 727. The predicted molar refractivity (Wildman–Crippen MR) is 97.2 cm³/mol. The number of para-hydroxylation sites is 1. The summed E-state index contributed by atoms with van der Waals surface area (Å²) in [7, 11) is 0. The highest BCUT2D eigenvalue weighted by Crippen LogP contribution is 2.29. The molecule has 2 heterocycles. The standard InChI is InChI=1S/C19H22N2O2S/c1-3-14-7-4-5-8-16(14)21-12-15(11-18(21)22)19(23)20-13(2)17-9-6-10-24-17/h4-10,13,15H,3,11-12H2,1-2H3,(H,20,23). The quantitative estimate of drug-likeness (QED) is 0.903. The molecular formula is C19H22N2O2S.